The SMILES string of the molecule is O=[N+]([O-])c1cnc(N2CCCC(CO)C2)c(Cl)c1. The zero-order valence-electron chi connectivity index (χ0n) is 9.75. The standard InChI is InChI=1S/C11H14ClN3O3/c12-10-4-9(15(17)18)5-13-11(10)14-3-1-2-8(6-14)7-16/h4-5,8,16H,1-3,6-7H2. The molecule has 0 radical (unpaired) electrons. The second-order valence-corrected chi connectivity index (χ2v) is 4.80. The normalized spacial score (nSPS) is 19.9. The largest absolute Gasteiger partial charge is 0.396 e. The molecule has 0 amide bonds. The molecule has 1 fully saturated rings. The molecule has 0 aliphatic carbocycles. The fraction of sp³-hybridized carbons (Fsp3) is 0.545. The lowest BCUT2D eigenvalue weighted by atomic mass is 9.99. The number of halogens is 1. The number of aliphatic hydroxyl groups is 1. The molecule has 18 heavy (non-hydrogen) atoms. The Morgan fingerprint density at radius 2 is 2.44 bits per heavy atom. The summed E-state index contributed by atoms with van der Waals surface area (Å²) in [5.41, 5.74) is -0.112. The van der Waals surface area contributed by atoms with Gasteiger partial charge in [0.05, 0.1) is 9.95 Å². The van der Waals surface area contributed by atoms with E-state index in [0.29, 0.717) is 12.4 Å². The molecule has 0 aromatic carbocycles. The van der Waals surface area contributed by atoms with Crippen LogP contribution >= 0.6 is 11.6 Å². The summed E-state index contributed by atoms with van der Waals surface area (Å²) < 4.78 is 0. The van der Waals surface area contributed by atoms with E-state index >= 15 is 0 Å². The van der Waals surface area contributed by atoms with Crippen molar-refractivity contribution in [2.75, 3.05) is 24.6 Å². The van der Waals surface area contributed by atoms with Crippen molar-refractivity contribution in [1.29, 1.82) is 0 Å². The Hall–Kier alpha value is -1.40. The van der Waals surface area contributed by atoms with Crippen molar-refractivity contribution >= 4 is 23.1 Å². The van der Waals surface area contributed by atoms with E-state index in [1.165, 1.54) is 12.3 Å². The summed E-state index contributed by atoms with van der Waals surface area (Å²) in [6.07, 6.45) is 3.15. The zero-order valence-corrected chi connectivity index (χ0v) is 10.5. The van der Waals surface area contributed by atoms with Crippen LogP contribution in [0.5, 0.6) is 0 Å². The van der Waals surface area contributed by atoms with Gasteiger partial charge in [-0.1, -0.05) is 11.6 Å². The molecule has 2 rings (SSSR count). The smallest absolute Gasteiger partial charge is 0.289 e. The summed E-state index contributed by atoms with van der Waals surface area (Å²) in [5.74, 6) is 0.771. The molecule has 1 aromatic heterocycles. The van der Waals surface area contributed by atoms with Crippen molar-refractivity contribution in [2.24, 2.45) is 5.92 Å². The van der Waals surface area contributed by atoms with Gasteiger partial charge < -0.3 is 10.0 Å². The summed E-state index contributed by atoms with van der Waals surface area (Å²) >= 11 is 6.03. The van der Waals surface area contributed by atoms with E-state index in [2.05, 4.69) is 4.98 Å². The van der Waals surface area contributed by atoms with Crippen LogP contribution in [0.15, 0.2) is 12.3 Å². The molecule has 1 aromatic rings. The fourth-order valence-corrected chi connectivity index (χ4v) is 2.44. The van der Waals surface area contributed by atoms with E-state index in [0.717, 1.165) is 19.4 Å². The minimum absolute atomic E-state index is 0.112. The van der Waals surface area contributed by atoms with E-state index in [4.69, 9.17) is 11.6 Å². The van der Waals surface area contributed by atoms with Crippen molar-refractivity contribution in [3.8, 4) is 0 Å². The minimum Gasteiger partial charge on any atom is -0.396 e. The number of nitro groups is 1. The van der Waals surface area contributed by atoms with Crippen LogP contribution in [0.1, 0.15) is 12.8 Å². The Bertz CT molecular complexity index is 455. The van der Waals surface area contributed by atoms with Gasteiger partial charge in [-0.05, 0) is 18.8 Å². The van der Waals surface area contributed by atoms with Gasteiger partial charge in [0, 0.05) is 25.8 Å². The van der Waals surface area contributed by atoms with Gasteiger partial charge in [-0.2, -0.15) is 0 Å². The van der Waals surface area contributed by atoms with Crippen molar-refractivity contribution in [3.63, 3.8) is 0 Å². The van der Waals surface area contributed by atoms with E-state index in [-0.39, 0.29) is 23.2 Å². The number of hydrogen-bond acceptors (Lipinski definition) is 5. The van der Waals surface area contributed by atoms with E-state index in [1.807, 2.05) is 4.90 Å². The van der Waals surface area contributed by atoms with Crippen LogP contribution in [0.2, 0.25) is 5.02 Å². The lowest BCUT2D eigenvalue weighted by Crippen LogP contribution is -2.37. The highest BCUT2D eigenvalue weighted by atomic mass is 35.5. The van der Waals surface area contributed by atoms with Crippen LogP contribution in [0.4, 0.5) is 11.5 Å². The first kappa shape index (κ1) is 13.0. The molecule has 0 spiro atoms. The second-order valence-electron chi connectivity index (χ2n) is 4.39. The highest BCUT2D eigenvalue weighted by Crippen LogP contribution is 2.30. The maximum Gasteiger partial charge on any atom is 0.289 e. The number of piperidine rings is 1. The third kappa shape index (κ3) is 2.70. The van der Waals surface area contributed by atoms with Crippen molar-refractivity contribution in [3.05, 3.63) is 27.4 Å². The molecule has 98 valence electrons. The molecule has 0 bridgehead atoms. The molecule has 1 N–H and O–H groups in total. The Morgan fingerprint density at radius 1 is 1.67 bits per heavy atom. The molecule has 7 heteroatoms. The summed E-state index contributed by atoms with van der Waals surface area (Å²) in [5, 5.41) is 20.1. The number of nitrogens with zero attached hydrogens (tertiary/aromatic N) is 3. The molecular weight excluding hydrogens is 258 g/mol. The summed E-state index contributed by atoms with van der Waals surface area (Å²) in [7, 11) is 0. The number of pyridine rings is 1. The third-order valence-electron chi connectivity index (χ3n) is 3.09. The molecule has 1 atom stereocenters. The van der Waals surface area contributed by atoms with Gasteiger partial charge in [0.1, 0.15) is 12.0 Å². The quantitative estimate of drug-likeness (QED) is 0.670. The lowest BCUT2D eigenvalue weighted by molar-refractivity contribution is -0.385. The third-order valence-corrected chi connectivity index (χ3v) is 3.37. The van der Waals surface area contributed by atoms with Gasteiger partial charge in [0.25, 0.3) is 5.69 Å². The summed E-state index contributed by atoms with van der Waals surface area (Å²) in [4.78, 5) is 16.1. The van der Waals surface area contributed by atoms with E-state index in [9.17, 15) is 15.2 Å². The first-order valence-corrected chi connectivity index (χ1v) is 6.15. The number of aromatic nitrogens is 1. The minimum atomic E-state index is -0.518. The van der Waals surface area contributed by atoms with Gasteiger partial charge in [-0.25, -0.2) is 4.98 Å². The molecule has 1 aliphatic rings. The van der Waals surface area contributed by atoms with E-state index in [1.54, 1.807) is 0 Å². The van der Waals surface area contributed by atoms with Crippen molar-refractivity contribution < 1.29 is 10.0 Å². The van der Waals surface area contributed by atoms with Crippen molar-refractivity contribution in [2.45, 2.75) is 12.8 Å². The van der Waals surface area contributed by atoms with Crippen LogP contribution in [0.25, 0.3) is 0 Å². The fourth-order valence-electron chi connectivity index (χ4n) is 2.16. The van der Waals surface area contributed by atoms with E-state index < -0.39 is 4.92 Å². The van der Waals surface area contributed by atoms with Gasteiger partial charge >= 0.3 is 0 Å². The predicted octanol–water partition coefficient (Wildman–Crippen LogP) is 1.85. The van der Waals surface area contributed by atoms with Crippen LogP contribution in [0.3, 0.4) is 0 Å². The number of aliphatic hydroxyl groups excluding tert-OH is 1. The molecule has 1 aliphatic heterocycles. The Labute approximate surface area is 109 Å². The maximum absolute atomic E-state index is 10.6. The highest BCUT2D eigenvalue weighted by molar-refractivity contribution is 6.33. The van der Waals surface area contributed by atoms with Crippen LogP contribution < -0.4 is 4.90 Å². The number of hydrogen-bond donors (Lipinski definition) is 1. The second kappa shape index (κ2) is 5.49. The predicted molar refractivity (Wildman–Crippen MR) is 67.9 cm³/mol. The van der Waals surface area contributed by atoms with Crippen LogP contribution in [0, 0.1) is 16.0 Å². The Kier molecular flexibility index (Phi) is 3.98. The van der Waals surface area contributed by atoms with Crippen LogP contribution in [-0.4, -0.2) is 34.7 Å². The molecule has 0 saturated carbocycles. The van der Waals surface area contributed by atoms with Crippen LogP contribution in [-0.2, 0) is 0 Å². The van der Waals surface area contributed by atoms with Gasteiger partial charge in [-0.15, -0.1) is 0 Å². The topological polar surface area (TPSA) is 79.5 Å². The molecule has 1 saturated heterocycles. The lowest BCUT2D eigenvalue weighted by Gasteiger charge is -2.33. The monoisotopic (exact) mass is 271 g/mol. The first-order chi connectivity index (χ1) is 8.61. The average molecular weight is 272 g/mol. The first-order valence-electron chi connectivity index (χ1n) is 5.77. The number of rotatable bonds is 3. The summed E-state index contributed by atoms with van der Waals surface area (Å²) in [6.45, 7) is 1.63. The Morgan fingerprint density at radius 3 is 3.06 bits per heavy atom. The van der Waals surface area contributed by atoms with Gasteiger partial charge in [-0.3, -0.25) is 10.1 Å². The number of anilines is 1. The molecule has 2 heterocycles. The summed E-state index contributed by atoms with van der Waals surface area (Å²) in [6, 6.07) is 1.31. The Balaban J connectivity index is 2.20. The van der Waals surface area contributed by atoms with Crippen molar-refractivity contribution in [1.82, 2.24) is 4.98 Å². The highest BCUT2D eigenvalue weighted by Gasteiger charge is 2.23. The maximum atomic E-state index is 10.6. The zero-order chi connectivity index (χ0) is 13.1. The average Bonchev–Trinajstić information content (AvgIpc) is 2.38. The molecule has 6 nitrogen and oxygen atoms in total. The molecular formula is C11H14ClN3O3. The molecule has 1 unspecified atom stereocenters. The van der Waals surface area contributed by atoms with Gasteiger partial charge in [0.2, 0.25) is 0 Å². The van der Waals surface area contributed by atoms with Gasteiger partial charge in [0.15, 0.2) is 0 Å².